The number of rotatable bonds is 3. The maximum atomic E-state index is 13.9. The van der Waals surface area contributed by atoms with Gasteiger partial charge in [-0.25, -0.2) is 4.39 Å². The second-order valence-electron chi connectivity index (χ2n) is 3.99. The van der Waals surface area contributed by atoms with Crippen molar-refractivity contribution in [3.63, 3.8) is 0 Å². The Morgan fingerprint density at radius 3 is 2.56 bits per heavy atom. The van der Waals surface area contributed by atoms with Crippen LogP contribution in [-0.4, -0.2) is 7.05 Å². The van der Waals surface area contributed by atoms with Crippen molar-refractivity contribution < 1.29 is 4.39 Å². The van der Waals surface area contributed by atoms with Crippen molar-refractivity contribution in [1.82, 2.24) is 5.32 Å². The average molecular weight is 393 g/mol. The maximum absolute atomic E-state index is 13.9. The van der Waals surface area contributed by atoms with Crippen molar-refractivity contribution in [2.45, 2.75) is 13.0 Å². The van der Waals surface area contributed by atoms with Gasteiger partial charge in [0.2, 0.25) is 0 Å². The van der Waals surface area contributed by atoms with Crippen LogP contribution in [0, 0.1) is 12.7 Å². The van der Waals surface area contributed by atoms with Crippen molar-refractivity contribution in [3.8, 4) is 0 Å². The number of benzene rings is 1. The molecular weight excluding hydrogens is 381 g/mol. The van der Waals surface area contributed by atoms with E-state index in [0.717, 1.165) is 13.1 Å². The molecular formula is C13H12Br2FNS. The smallest absolute Gasteiger partial charge is 0.128 e. The zero-order valence-corrected chi connectivity index (χ0v) is 13.9. The Balaban J connectivity index is 2.48. The Bertz CT molecular complexity index is 549. The summed E-state index contributed by atoms with van der Waals surface area (Å²) in [6, 6.07) is 6.97. The third kappa shape index (κ3) is 2.85. The molecule has 1 N–H and O–H groups in total. The molecule has 0 saturated carbocycles. The van der Waals surface area contributed by atoms with Crippen LogP contribution >= 0.6 is 43.2 Å². The number of hydrogen-bond acceptors (Lipinski definition) is 2. The molecule has 0 saturated heterocycles. The minimum atomic E-state index is -0.195. The molecule has 0 aliphatic carbocycles. The molecule has 0 aliphatic heterocycles. The molecule has 96 valence electrons. The lowest BCUT2D eigenvalue weighted by atomic mass is 10.0. The maximum Gasteiger partial charge on any atom is 0.128 e. The van der Waals surface area contributed by atoms with Gasteiger partial charge in [-0.15, -0.1) is 11.3 Å². The molecule has 0 radical (unpaired) electrons. The summed E-state index contributed by atoms with van der Waals surface area (Å²) in [5, 5.41) is 3.17. The van der Waals surface area contributed by atoms with E-state index in [1.165, 1.54) is 11.6 Å². The highest BCUT2D eigenvalue weighted by molar-refractivity contribution is 9.11. The quantitative estimate of drug-likeness (QED) is 0.772. The van der Waals surface area contributed by atoms with Crippen LogP contribution in [0.15, 0.2) is 32.5 Å². The van der Waals surface area contributed by atoms with Gasteiger partial charge in [0.15, 0.2) is 0 Å². The van der Waals surface area contributed by atoms with Crippen LogP contribution in [0.1, 0.15) is 22.0 Å². The summed E-state index contributed by atoms with van der Waals surface area (Å²) in [4.78, 5) is 1.10. The predicted molar refractivity (Wildman–Crippen MR) is 81.8 cm³/mol. The molecule has 0 amide bonds. The summed E-state index contributed by atoms with van der Waals surface area (Å²) in [5.41, 5.74) is 1.83. The Morgan fingerprint density at radius 1 is 1.28 bits per heavy atom. The van der Waals surface area contributed by atoms with E-state index in [2.05, 4.69) is 43.2 Å². The molecule has 1 heterocycles. The summed E-state index contributed by atoms with van der Waals surface area (Å²) >= 11 is 8.52. The Hall–Kier alpha value is -0.230. The normalized spacial score (nSPS) is 12.7. The standard InChI is InChI=1S/C13H12Br2FNS/c1-7-5-11(18-13(7)15)12(17-2)9-6-8(14)3-4-10(9)16/h3-6,12,17H,1-2H3. The van der Waals surface area contributed by atoms with Gasteiger partial charge in [-0.05, 0) is 59.7 Å². The van der Waals surface area contributed by atoms with E-state index in [1.807, 2.05) is 20.0 Å². The molecule has 2 aromatic rings. The van der Waals surface area contributed by atoms with E-state index in [-0.39, 0.29) is 11.9 Å². The fourth-order valence-electron chi connectivity index (χ4n) is 1.81. The fraction of sp³-hybridized carbons (Fsp3) is 0.231. The second kappa shape index (κ2) is 5.82. The van der Waals surface area contributed by atoms with Crippen LogP contribution in [0.5, 0.6) is 0 Å². The van der Waals surface area contributed by atoms with E-state index in [4.69, 9.17) is 0 Å². The summed E-state index contributed by atoms with van der Waals surface area (Å²) < 4.78 is 15.9. The summed E-state index contributed by atoms with van der Waals surface area (Å²) in [6.07, 6.45) is 0. The van der Waals surface area contributed by atoms with Gasteiger partial charge in [0, 0.05) is 14.9 Å². The minimum Gasteiger partial charge on any atom is -0.309 e. The first-order chi connectivity index (χ1) is 8.52. The van der Waals surface area contributed by atoms with Gasteiger partial charge < -0.3 is 5.32 Å². The van der Waals surface area contributed by atoms with Gasteiger partial charge >= 0.3 is 0 Å². The van der Waals surface area contributed by atoms with Gasteiger partial charge in [0.25, 0.3) is 0 Å². The van der Waals surface area contributed by atoms with Gasteiger partial charge in [-0.1, -0.05) is 15.9 Å². The first-order valence-corrected chi connectivity index (χ1v) is 7.81. The minimum absolute atomic E-state index is 0.127. The molecule has 0 spiro atoms. The number of thiophene rings is 1. The van der Waals surface area contributed by atoms with E-state index >= 15 is 0 Å². The summed E-state index contributed by atoms with van der Waals surface area (Å²) in [5.74, 6) is -0.195. The van der Waals surface area contributed by atoms with Crippen LogP contribution in [0.25, 0.3) is 0 Å². The number of nitrogens with one attached hydrogen (secondary N) is 1. The van der Waals surface area contributed by atoms with Crippen LogP contribution in [-0.2, 0) is 0 Å². The van der Waals surface area contributed by atoms with E-state index < -0.39 is 0 Å². The summed E-state index contributed by atoms with van der Waals surface area (Å²) in [7, 11) is 1.84. The Kier molecular flexibility index (Phi) is 4.59. The lowest BCUT2D eigenvalue weighted by molar-refractivity contribution is 0.579. The molecule has 1 atom stereocenters. The number of aryl methyl sites for hydroxylation is 1. The second-order valence-corrected chi connectivity index (χ2v) is 7.31. The fourth-order valence-corrected chi connectivity index (χ4v) is 3.89. The van der Waals surface area contributed by atoms with E-state index in [1.54, 1.807) is 17.4 Å². The Morgan fingerprint density at radius 2 is 2.00 bits per heavy atom. The molecule has 1 aromatic carbocycles. The first-order valence-electron chi connectivity index (χ1n) is 5.41. The van der Waals surface area contributed by atoms with Crippen LogP contribution < -0.4 is 5.32 Å². The lowest BCUT2D eigenvalue weighted by Gasteiger charge is -2.16. The topological polar surface area (TPSA) is 12.0 Å². The zero-order chi connectivity index (χ0) is 13.3. The highest BCUT2D eigenvalue weighted by Crippen LogP contribution is 2.35. The molecule has 5 heteroatoms. The summed E-state index contributed by atoms with van der Waals surface area (Å²) in [6.45, 7) is 2.04. The molecule has 1 aromatic heterocycles. The SMILES string of the molecule is CNC(c1cc(C)c(Br)s1)c1cc(Br)ccc1F. The van der Waals surface area contributed by atoms with E-state index in [0.29, 0.717) is 5.56 Å². The monoisotopic (exact) mass is 391 g/mol. The van der Waals surface area contributed by atoms with E-state index in [9.17, 15) is 4.39 Å². The third-order valence-electron chi connectivity index (χ3n) is 2.72. The van der Waals surface area contributed by atoms with Crippen molar-refractivity contribution in [2.24, 2.45) is 0 Å². The molecule has 2 rings (SSSR count). The van der Waals surface area contributed by atoms with Gasteiger partial charge in [-0.3, -0.25) is 0 Å². The molecule has 18 heavy (non-hydrogen) atoms. The first kappa shape index (κ1) is 14.2. The number of hydrogen-bond donors (Lipinski definition) is 1. The molecule has 0 aliphatic rings. The van der Waals surface area contributed by atoms with Gasteiger partial charge in [0.05, 0.1) is 9.83 Å². The van der Waals surface area contributed by atoms with Crippen LogP contribution in [0.2, 0.25) is 0 Å². The molecule has 1 nitrogen and oxygen atoms in total. The largest absolute Gasteiger partial charge is 0.309 e. The highest BCUT2D eigenvalue weighted by atomic mass is 79.9. The highest BCUT2D eigenvalue weighted by Gasteiger charge is 2.19. The van der Waals surface area contributed by atoms with Gasteiger partial charge in [0.1, 0.15) is 5.82 Å². The van der Waals surface area contributed by atoms with Crippen molar-refractivity contribution in [3.05, 3.63) is 54.3 Å². The molecule has 0 fully saturated rings. The molecule has 0 bridgehead atoms. The Labute approximate surface area is 127 Å². The average Bonchev–Trinajstić information content (AvgIpc) is 2.65. The zero-order valence-electron chi connectivity index (χ0n) is 9.93. The van der Waals surface area contributed by atoms with Crippen molar-refractivity contribution >= 4 is 43.2 Å². The lowest BCUT2D eigenvalue weighted by Crippen LogP contribution is -2.17. The number of halogens is 3. The third-order valence-corrected chi connectivity index (χ3v) is 5.41. The predicted octanol–water partition coefficient (Wildman–Crippen LogP) is 5.03. The van der Waals surface area contributed by atoms with Crippen LogP contribution in [0.4, 0.5) is 4.39 Å². The van der Waals surface area contributed by atoms with Crippen molar-refractivity contribution in [1.29, 1.82) is 0 Å². The molecule has 1 unspecified atom stereocenters. The van der Waals surface area contributed by atoms with Gasteiger partial charge in [-0.2, -0.15) is 0 Å². The van der Waals surface area contributed by atoms with Crippen molar-refractivity contribution in [2.75, 3.05) is 7.05 Å². The van der Waals surface area contributed by atoms with Crippen LogP contribution in [0.3, 0.4) is 0 Å².